The lowest BCUT2D eigenvalue weighted by molar-refractivity contribution is 0.0946. The second-order valence-corrected chi connectivity index (χ2v) is 9.88. The van der Waals surface area contributed by atoms with Crippen LogP contribution >= 0.6 is 0 Å². The number of imidazole rings is 1. The summed E-state index contributed by atoms with van der Waals surface area (Å²) in [7, 11) is 0. The Morgan fingerprint density at radius 3 is 2.53 bits per heavy atom. The van der Waals surface area contributed by atoms with Crippen LogP contribution in [0.5, 0.6) is 0 Å². The highest BCUT2D eigenvalue weighted by Gasteiger charge is 2.30. The smallest absolute Gasteiger partial charge is 0.271 e. The number of anilines is 1. The number of nitrogens with zero attached hydrogens (tertiary/aromatic N) is 5. The van der Waals surface area contributed by atoms with Gasteiger partial charge in [0.2, 0.25) is 0 Å². The number of carbonyl (C=O) groups excluding carboxylic acids is 1. The van der Waals surface area contributed by atoms with Crippen molar-refractivity contribution in [3.63, 3.8) is 0 Å². The van der Waals surface area contributed by atoms with Gasteiger partial charge in [0.05, 0.1) is 18.9 Å². The van der Waals surface area contributed by atoms with Crippen molar-refractivity contribution >= 4 is 22.5 Å². The molecule has 3 aromatic heterocycles. The molecule has 192 valence electrons. The molecule has 8 nitrogen and oxygen atoms in total. The van der Waals surface area contributed by atoms with E-state index in [0.29, 0.717) is 37.1 Å². The van der Waals surface area contributed by atoms with Crippen LogP contribution in [-0.2, 0) is 19.6 Å². The number of aromatic nitrogens is 5. The van der Waals surface area contributed by atoms with E-state index in [2.05, 4.69) is 32.1 Å². The van der Waals surface area contributed by atoms with Gasteiger partial charge in [0, 0.05) is 36.8 Å². The number of amides is 1. The Kier molecular flexibility index (Phi) is 6.11. The zero-order valence-electron chi connectivity index (χ0n) is 21.1. The monoisotopic (exact) mass is 509 g/mol. The lowest BCUT2D eigenvalue weighted by atomic mass is 10.0. The number of fused-ring (bicyclic) bond motifs is 1. The third-order valence-corrected chi connectivity index (χ3v) is 7.10. The van der Waals surface area contributed by atoms with Gasteiger partial charge in [-0.15, -0.1) is 0 Å². The second-order valence-electron chi connectivity index (χ2n) is 9.88. The SMILES string of the molecule is Cc1c(CNC(=O)c2cn(Cc3ccc(Cn4cc(F)cn4)cc3)c(C3CC3)n2)ccc2c(N)nccc12. The molecule has 3 heterocycles. The van der Waals surface area contributed by atoms with Crippen LogP contribution in [0.1, 0.15) is 57.3 Å². The fraction of sp³-hybridized carbons (Fsp3) is 0.241. The van der Waals surface area contributed by atoms with E-state index in [1.165, 1.54) is 12.4 Å². The van der Waals surface area contributed by atoms with Crippen molar-refractivity contribution in [1.29, 1.82) is 0 Å². The third kappa shape index (κ3) is 4.87. The molecule has 38 heavy (non-hydrogen) atoms. The van der Waals surface area contributed by atoms with Gasteiger partial charge in [0.15, 0.2) is 5.82 Å². The molecule has 0 atom stereocenters. The standard InChI is InChI=1S/C29H28FN7O/c1-18-22(8-9-25-24(18)10-11-32-27(25)31)12-33-29(38)26-17-36(28(35-26)21-6-7-21)14-19-2-4-20(5-3-19)15-37-16-23(30)13-34-37/h2-5,8-11,13,16-17,21H,6-7,12,14-15H2,1H3,(H2,31,32)(H,33,38). The molecule has 1 saturated carbocycles. The normalized spacial score (nSPS) is 13.2. The minimum atomic E-state index is -0.343. The van der Waals surface area contributed by atoms with Gasteiger partial charge in [0.1, 0.15) is 17.3 Å². The van der Waals surface area contributed by atoms with Crippen LogP contribution in [0, 0.1) is 12.7 Å². The summed E-state index contributed by atoms with van der Waals surface area (Å²) in [4.78, 5) is 22.0. The molecular formula is C29H28FN7O. The van der Waals surface area contributed by atoms with E-state index in [1.807, 2.05) is 43.5 Å². The van der Waals surface area contributed by atoms with Crippen molar-refractivity contribution in [3.05, 3.63) is 107 Å². The summed E-state index contributed by atoms with van der Waals surface area (Å²) in [5.41, 5.74) is 10.7. The Hall–Kier alpha value is -4.53. The van der Waals surface area contributed by atoms with Gasteiger partial charge in [-0.1, -0.05) is 36.4 Å². The highest BCUT2D eigenvalue weighted by atomic mass is 19.1. The molecule has 1 aliphatic carbocycles. The lowest BCUT2D eigenvalue weighted by Gasteiger charge is -2.11. The Balaban J connectivity index is 1.15. The predicted molar refractivity (Wildman–Crippen MR) is 143 cm³/mol. The van der Waals surface area contributed by atoms with E-state index in [-0.39, 0.29) is 11.7 Å². The molecule has 2 aromatic carbocycles. The van der Waals surface area contributed by atoms with E-state index >= 15 is 0 Å². The van der Waals surface area contributed by atoms with Crippen LogP contribution in [0.2, 0.25) is 0 Å². The first-order valence-electron chi connectivity index (χ1n) is 12.7. The molecule has 0 unspecified atom stereocenters. The van der Waals surface area contributed by atoms with Crippen molar-refractivity contribution in [2.75, 3.05) is 5.73 Å². The van der Waals surface area contributed by atoms with Gasteiger partial charge < -0.3 is 15.6 Å². The first-order chi connectivity index (χ1) is 18.4. The molecular weight excluding hydrogens is 481 g/mol. The molecule has 0 radical (unpaired) electrons. The van der Waals surface area contributed by atoms with Crippen LogP contribution in [0.3, 0.4) is 0 Å². The van der Waals surface area contributed by atoms with Crippen LogP contribution in [-0.4, -0.2) is 30.2 Å². The van der Waals surface area contributed by atoms with Crippen LogP contribution < -0.4 is 11.1 Å². The van der Waals surface area contributed by atoms with Crippen LogP contribution in [0.4, 0.5) is 10.2 Å². The summed E-state index contributed by atoms with van der Waals surface area (Å²) in [6.45, 7) is 3.56. The first kappa shape index (κ1) is 23.8. The Morgan fingerprint density at radius 1 is 1.05 bits per heavy atom. The number of halogens is 1. The molecule has 1 fully saturated rings. The predicted octanol–water partition coefficient (Wildman–Crippen LogP) is 4.56. The Labute approximate surface area is 219 Å². The molecule has 6 rings (SSSR count). The largest absolute Gasteiger partial charge is 0.383 e. The first-order valence-corrected chi connectivity index (χ1v) is 12.7. The maximum Gasteiger partial charge on any atom is 0.271 e. The lowest BCUT2D eigenvalue weighted by Crippen LogP contribution is -2.23. The van der Waals surface area contributed by atoms with Crippen LogP contribution in [0.25, 0.3) is 10.8 Å². The van der Waals surface area contributed by atoms with Crippen LogP contribution in [0.15, 0.2) is 67.3 Å². The Bertz CT molecular complexity index is 1630. The van der Waals surface area contributed by atoms with Crippen molar-refractivity contribution in [2.24, 2.45) is 0 Å². The average Bonchev–Trinajstić information content (AvgIpc) is 3.55. The fourth-order valence-electron chi connectivity index (χ4n) is 4.82. The molecule has 0 aliphatic heterocycles. The maximum absolute atomic E-state index is 13.2. The summed E-state index contributed by atoms with van der Waals surface area (Å²) < 4.78 is 16.9. The number of rotatable bonds is 8. The summed E-state index contributed by atoms with van der Waals surface area (Å²) in [5, 5.41) is 8.98. The fourth-order valence-corrected chi connectivity index (χ4v) is 4.82. The van der Waals surface area contributed by atoms with E-state index in [4.69, 9.17) is 10.7 Å². The van der Waals surface area contributed by atoms with Gasteiger partial charge in [-0.05, 0) is 53.5 Å². The molecule has 1 amide bonds. The van der Waals surface area contributed by atoms with Crippen molar-refractivity contribution < 1.29 is 9.18 Å². The number of hydrogen-bond donors (Lipinski definition) is 2. The number of nitrogens with one attached hydrogen (secondary N) is 1. The maximum atomic E-state index is 13.2. The van der Waals surface area contributed by atoms with E-state index in [1.54, 1.807) is 10.9 Å². The van der Waals surface area contributed by atoms with Gasteiger partial charge in [-0.2, -0.15) is 5.10 Å². The minimum absolute atomic E-state index is 0.193. The summed E-state index contributed by atoms with van der Waals surface area (Å²) >= 11 is 0. The number of benzene rings is 2. The molecule has 0 saturated heterocycles. The van der Waals surface area contributed by atoms with Gasteiger partial charge in [-0.3, -0.25) is 9.48 Å². The van der Waals surface area contributed by atoms with Gasteiger partial charge in [0.25, 0.3) is 5.91 Å². The van der Waals surface area contributed by atoms with Gasteiger partial charge in [-0.25, -0.2) is 14.4 Å². The molecule has 1 aliphatic rings. The molecule has 5 aromatic rings. The number of carbonyl (C=O) groups is 1. The highest BCUT2D eigenvalue weighted by molar-refractivity contribution is 5.94. The second kappa shape index (κ2) is 9.74. The highest BCUT2D eigenvalue weighted by Crippen LogP contribution is 2.39. The van der Waals surface area contributed by atoms with E-state index < -0.39 is 0 Å². The van der Waals surface area contributed by atoms with Crippen molar-refractivity contribution in [3.8, 4) is 0 Å². The Morgan fingerprint density at radius 2 is 1.82 bits per heavy atom. The quantitative estimate of drug-likeness (QED) is 0.319. The number of nitrogen functional groups attached to an aromatic ring is 1. The summed E-state index contributed by atoms with van der Waals surface area (Å²) in [6.07, 6.45) is 8.31. The number of pyridine rings is 1. The average molecular weight is 510 g/mol. The third-order valence-electron chi connectivity index (χ3n) is 7.10. The van der Waals surface area contributed by atoms with E-state index in [9.17, 15) is 9.18 Å². The molecule has 0 bridgehead atoms. The molecule has 0 spiro atoms. The van der Waals surface area contributed by atoms with Crippen molar-refractivity contribution in [2.45, 2.75) is 45.3 Å². The van der Waals surface area contributed by atoms with Crippen molar-refractivity contribution in [1.82, 2.24) is 29.6 Å². The number of aryl methyl sites for hydroxylation is 1. The van der Waals surface area contributed by atoms with Gasteiger partial charge >= 0.3 is 0 Å². The summed E-state index contributed by atoms with van der Waals surface area (Å²) in [5.74, 6) is 1.32. The number of hydrogen-bond acceptors (Lipinski definition) is 5. The zero-order valence-corrected chi connectivity index (χ0v) is 21.1. The molecule has 3 N–H and O–H groups in total. The van der Waals surface area contributed by atoms with E-state index in [0.717, 1.165) is 51.7 Å². The zero-order chi connectivity index (χ0) is 26.2. The molecule has 9 heteroatoms. The number of nitrogens with two attached hydrogens (primary N) is 1. The minimum Gasteiger partial charge on any atom is -0.383 e. The topological polar surface area (TPSA) is 104 Å². The summed E-state index contributed by atoms with van der Waals surface area (Å²) in [6, 6.07) is 14.0.